The van der Waals surface area contributed by atoms with E-state index in [1.807, 2.05) is 30.5 Å². The molecule has 0 unspecified atom stereocenters. The molecule has 0 atom stereocenters. The zero-order valence-corrected chi connectivity index (χ0v) is 20.3. The predicted molar refractivity (Wildman–Crippen MR) is 137 cm³/mol. The lowest BCUT2D eigenvalue weighted by atomic mass is 10.1. The second kappa shape index (κ2) is 13.5. The highest BCUT2D eigenvalue weighted by molar-refractivity contribution is 5.99. The molecule has 5 nitrogen and oxygen atoms in total. The zero-order chi connectivity index (χ0) is 23.3. The van der Waals surface area contributed by atoms with Crippen LogP contribution in [0.25, 0.3) is 17.5 Å². The summed E-state index contributed by atoms with van der Waals surface area (Å²) < 4.78 is 5.97. The smallest absolute Gasteiger partial charge is 0.162 e. The van der Waals surface area contributed by atoms with Crippen molar-refractivity contribution in [3.05, 3.63) is 47.4 Å². The molecule has 0 bridgehead atoms. The van der Waals surface area contributed by atoms with E-state index in [0.29, 0.717) is 17.9 Å². The Labute approximate surface area is 198 Å². The number of aromatic nitrogens is 2. The van der Waals surface area contributed by atoms with Crippen molar-refractivity contribution in [2.24, 2.45) is 4.99 Å². The fourth-order valence-electron chi connectivity index (χ4n) is 4.16. The molecule has 5 heteroatoms. The minimum Gasteiger partial charge on any atom is -0.490 e. The van der Waals surface area contributed by atoms with Crippen LogP contribution >= 0.6 is 0 Å². The van der Waals surface area contributed by atoms with Crippen LogP contribution in [0.15, 0.2) is 41.2 Å². The SMILES string of the molecule is CCCCCCCCCCCC1=NC(=Cc2[nH]c(-c3ccc[nH]3)c(C#N)c2OCCC)C=C1. The molecule has 0 saturated heterocycles. The molecule has 2 aromatic heterocycles. The number of unbranched alkanes of at least 4 members (excludes halogenated alkanes) is 8. The summed E-state index contributed by atoms with van der Waals surface area (Å²) in [7, 11) is 0. The Morgan fingerprint density at radius 2 is 1.76 bits per heavy atom. The van der Waals surface area contributed by atoms with Gasteiger partial charge in [0.25, 0.3) is 0 Å². The maximum atomic E-state index is 9.80. The lowest BCUT2D eigenvalue weighted by Gasteiger charge is -2.04. The molecule has 176 valence electrons. The number of aromatic amines is 2. The van der Waals surface area contributed by atoms with E-state index >= 15 is 0 Å². The van der Waals surface area contributed by atoms with E-state index < -0.39 is 0 Å². The molecule has 2 N–H and O–H groups in total. The molecule has 3 rings (SSSR count). The van der Waals surface area contributed by atoms with Crippen molar-refractivity contribution in [3.8, 4) is 23.2 Å². The number of rotatable bonds is 15. The average molecular weight is 447 g/mol. The minimum atomic E-state index is 0.527. The van der Waals surface area contributed by atoms with E-state index in [1.165, 1.54) is 57.8 Å². The van der Waals surface area contributed by atoms with Gasteiger partial charge in [0, 0.05) is 11.9 Å². The third-order valence-electron chi connectivity index (χ3n) is 5.96. The van der Waals surface area contributed by atoms with Gasteiger partial charge in [-0.2, -0.15) is 5.26 Å². The van der Waals surface area contributed by atoms with E-state index in [1.54, 1.807) is 0 Å². The standard InChI is InChI=1S/C28H38N4O/c1-3-5-6-7-8-9-10-11-12-14-22-16-17-23(31-22)20-26-28(33-19-4-2)24(21-29)27(32-26)25-15-13-18-30-25/h13,15-18,20,30,32H,3-12,14,19H2,1-2H3. The van der Waals surface area contributed by atoms with Crippen LogP contribution in [-0.4, -0.2) is 22.3 Å². The molecule has 0 spiro atoms. The van der Waals surface area contributed by atoms with Crippen LogP contribution in [0.5, 0.6) is 5.75 Å². The lowest BCUT2D eigenvalue weighted by molar-refractivity contribution is 0.316. The number of aliphatic imine (C=N–C) groups is 1. The monoisotopic (exact) mass is 446 g/mol. The average Bonchev–Trinajstić information content (AvgIpc) is 3.57. The number of nitrogens with one attached hydrogen (secondary N) is 2. The molecular formula is C28H38N4O. The van der Waals surface area contributed by atoms with Crippen molar-refractivity contribution in [3.63, 3.8) is 0 Å². The maximum Gasteiger partial charge on any atom is 0.162 e. The summed E-state index contributed by atoms with van der Waals surface area (Å²) in [6.45, 7) is 4.89. The highest BCUT2D eigenvalue weighted by atomic mass is 16.5. The number of allylic oxidation sites excluding steroid dienone is 2. The molecule has 1 aliphatic heterocycles. The second-order valence-electron chi connectivity index (χ2n) is 8.75. The predicted octanol–water partition coefficient (Wildman–Crippen LogP) is 7.94. The fourth-order valence-corrected chi connectivity index (χ4v) is 4.16. The third-order valence-corrected chi connectivity index (χ3v) is 5.96. The van der Waals surface area contributed by atoms with E-state index in [0.717, 1.165) is 41.3 Å². The first-order valence-corrected chi connectivity index (χ1v) is 12.7. The summed E-state index contributed by atoms with van der Waals surface area (Å²) in [4.78, 5) is 11.4. The number of H-pyrrole nitrogens is 2. The van der Waals surface area contributed by atoms with Crippen molar-refractivity contribution < 1.29 is 4.74 Å². The summed E-state index contributed by atoms with van der Waals surface area (Å²) in [5.41, 5.74) is 4.97. The van der Waals surface area contributed by atoms with Crippen molar-refractivity contribution in [1.82, 2.24) is 9.97 Å². The van der Waals surface area contributed by atoms with Crippen LogP contribution in [0.1, 0.15) is 95.7 Å². The van der Waals surface area contributed by atoms with Gasteiger partial charge < -0.3 is 14.7 Å². The number of hydrogen-bond donors (Lipinski definition) is 2. The highest BCUT2D eigenvalue weighted by Gasteiger charge is 2.20. The quantitative estimate of drug-likeness (QED) is 0.272. The van der Waals surface area contributed by atoms with Gasteiger partial charge in [0.2, 0.25) is 0 Å². The summed E-state index contributed by atoms with van der Waals surface area (Å²) in [6, 6.07) is 6.18. The van der Waals surface area contributed by atoms with Gasteiger partial charge in [0.1, 0.15) is 11.6 Å². The number of nitrogens with zero attached hydrogens (tertiary/aromatic N) is 2. The van der Waals surface area contributed by atoms with Crippen molar-refractivity contribution in [1.29, 1.82) is 5.26 Å². The lowest BCUT2D eigenvalue weighted by Crippen LogP contribution is -1.97. The minimum absolute atomic E-state index is 0.527. The van der Waals surface area contributed by atoms with Crippen LogP contribution in [0.4, 0.5) is 0 Å². The first-order chi connectivity index (χ1) is 16.3. The van der Waals surface area contributed by atoms with Gasteiger partial charge in [-0.05, 0) is 49.6 Å². The largest absolute Gasteiger partial charge is 0.490 e. The molecule has 0 fully saturated rings. The van der Waals surface area contributed by atoms with E-state index in [9.17, 15) is 5.26 Å². The molecule has 3 heterocycles. The van der Waals surface area contributed by atoms with Gasteiger partial charge in [0.15, 0.2) is 5.75 Å². The highest BCUT2D eigenvalue weighted by Crippen LogP contribution is 2.35. The topological polar surface area (TPSA) is 77.0 Å². The number of hydrogen-bond acceptors (Lipinski definition) is 3. The molecule has 0 radical (unpaired) electrons. The first-order valence-electron chi connectivity index (χ1n) is 12.7. The second-order valence-corrected chi connectivity index (χ2v) is 8.75. The number of ether oxygens (including phenoxy) is 1. The Morgan fingerprint density at radius 1 is 1.00 bits per heavy atom. The summed E-state index contributed by atoms with van der Waals surface area (Å²) in [6.07, 6.45) is 21.9. The normalized spacial score (nSPS) is 14.1. The van der Waals surface area contributed by atoms with Crippen LogP contribution in [-0.2, 0) is 0 Å². The van der Waals surface area contributed by atoms with Gasteiger partial charge in [-0.1, -0.05) is 65.2 Å². The van der Waals surface area contributed by atoms with Gasteiger partial charge >= 0.3 is 0 Å². The molecule has 0 aliphatic carbocycles. The molecule has 0 saturated carbocycles. The van der Waals surface area contributed by atoms with Crippen LogP contribution < -0.4 is 4.74 Å². The van der Waals surface area contributed by atoms with Gasteiger partial charge in [-0.3, -0.25) is 4.99 Å². The van der Waals surface area contributed by atoms with Crippen molar-refractivity contribution in [2.45, 2.75) is 84.5 Å². The Bertz CT molecular complexity index is 986. The Morgan fingerprint density at radius 3 is 2.42 bits per heavy atom. The Hall–Kier alpha value is -3.00. The Balaban J connectivity index is 1.59. The van der Waals surface area contributed by atoms with Gasteiger partial charge in [0.05, 0.1) is 29.4 Å². The summed E-state index contributed by atoms with van der Waals surface area (Å²) >= 11 is 0. The zero-order valence-electron chi connectivity index (χ0n) is 20.3. The molecule has 0 aromatic carbocycles. The fraction of sp³-hybridized carbons (Fsp3) is 0.500. The van der Waals surface area contributed by atoms with E-state index in [4.69, 9.17) is 9.73 Å². The first kappa shape index (κ1) is 24.6. The summed E-state index contributed by atoms with van der Waals surface area (Å²) in [5, 5.41) is 9.80. The van der Waals surface area contributed by atoms with Crippen molar-refractivity contribution in [2.75, 3.05) is 6.61 Å². The molecule has 2 aromatic rings. The summed E-state index contributed by atoms with van der Waals surface area (Å²) in [5.74, 6) is 0.604. The molecule has 33 heavy (non-hydrogen) atoms. The van der Waals surface area contributed by atoms with Crippen molar-refractivity contribution >= 4 is 11.8 Å². The van der Waals surface area contributed by atoms with E-state index in [-0.39, 0.29) is 0 Å². The molecule has 0 amide bonds. The third kappa shape index (κ3) is 7.25. The van der Waals surface area contributed by atoms with Crippen LogP contribution in [0.3, 0.4) is 0 Å². The maximum absolute atomic E-state index is 9.80. The molecule has 1 aliphatic rings. The van der Waals surface area contributed by atoms with Gasteiger partial charge in [-0.25, -0.2) is 0 Å². The van der Waals surface area contributed by atoms with Crippen LogP contribution in [0, 0.1) is 11.3 Å². The number of nitriles is 1. The Kier molecular flexibility index (Phi) is 10.1. The van der Waals surface area contributed by atoms with E-state index in [2.05, 4.69) is 36.0 Å². The molecular weight excluding hydrogens is 408 g/mol. The van der Waals surface area contributed by atoms with Crippen LogP contribution in [0.2, 0.25) is 0 Å². The van der Waals surface area contributed by atoms with Gasteiger partial charge in [-0.15, -0.1) is 0 Å².